The van der Waals surface area contributed by atoms with Gasteiger partial charge >= 0.3 is 0 Å². The maximum Gasteiger partial charge on any atom is 0.207 e. The van der Waals surface area contributed by atoms with Crippen molar-refractivity contribution in [1.82, 2.24) is 19.3 Å². The molecule has 0 aliphatic carbocycles. The van der Waals surface area contributed by atoms with E-state index in [2.05, 4.69) is 16.2 Å². The molecular weight excluding hydrogens is 338 g/mol. The van der Waals surface area contributed by atoms with Gasteiger partial charge in [-0.15, -0.1) is 0 Å². The molecule has 1 atom stereocenters. The summed E-state index contributed by atoms with van der Waals surface area (Å²) < 4.78 is 3.50. The molecule has 2 heterocycles. The van der Waals surface area contributed by atoms with Gasteiger partial charge in [-0.05, 0) is 37.3 Å². The second-order valence-corrected chi connectivity index (χ2v) is 6.36. The number of nitrogens with zero attached hydrogens (tertiary/aromatic N) is 5. The van der Waals surface area contributed by atoms with Gasteiger partial charge in [0.25, 0.3) is 0 Å². The second kappa shape index (κ2) is 6.54. The van der Waals surface area contributed by atoms with E-state index in [0.717, 1.165) is 22.4 Å². The van der Waals surface area contributed by atoms with E-state index in [1.807, 2.05) is 68.6 Å². The van der Waals surface area contributed by atoms with E-state index >= 15 is 0 Å². The Hall–Kier alpha value is -3.72. The van der Waals surface area contributed by atoms with Crippen LogP contribution in [0.1, 0.15) is 27.9 Å². The average Bonchev–Trinajstić information content (AvgIpc) is 3.24. The Labute approximate surface area is 156 Å². The third-order valence-electron chi connectivity index (χ3n) is 4.61. The minimum absolute atomic E-state index is 0.259. The normalized spacial score (nSPS) is 12.0. The lowest BCUT2D eigenvalue weighted by atomic mass is 10.0. The van der Waals surface area contributed by atoms with Gasteiger partial charge in [0.05, 0.1) is 22.8 Å². The molecule has 132 valence electrons. The molecular formula is C21H17N5O. The summed E-state index contributed by atoms with van der Waals surface area (Å²) in [5.74, 6) is -0.940. The van der Waals surface area contributed by atoms with Crippen molar-refractivity contribution in [1.29, 1.82) is 5.26 Å². The van der Waals surface area contributed by atoms with Crippen molar-refractivity contribution in [3.05, 3.63) is 77.9 Å². The second-order valence-electron chi connectivity index (χ2n) is 6.36. The number of carbonyl (C=O) groups excluding carboxylic acids is 1. The van der Waals surface area contributed by atoms with Crippen LogP contribution in [-0.2, 0) is 7.05 Å². The van der Waals surface area contributed by atoms with Crippen molar-refractivity contribution in [2.45, 2.75) is 12.8 Å². The number of carbonyl (C=O) groups is 1. The Morgan fingerprint density at radius 3 is 2.52 bits per heavy atom. The molecule has 0 amide bonds. The fraction of sp³-hybridized carbons (Fsp3) is 0.143. The third kappa shape index (κ3) is 2.79. The first-order chi connectivity index (χ1) is 13.1. The Bertz CT molecular complexity index is 1180. The van der Waals surface area contributed by atoms with Crippen molar-refractivity contribution >= 4 is 16.8 Å². The highest BCUT2D eigenvalue weighted by Gasteiger charge is 2.29. The van der Waals surface area contributed by atoms with Gasteiger partial charge in [0, 0.05) is 12.7 Å². The van der Waals surface area contributed by atoms with Crippen LogP contribution in [0.3, 0.4) is 0 Å². The number of hydrogen-bond donors (Lipinski definition) is 0. The van der Waals surface area contributed by atoms with Gasteiger partial charge in [-0.3, -0.25) is 4.79 Å². The molecule has 4 rings (SSSR count). The van der Waals surface area contributed by atoms with E-state index in [9.17, 15) is 10.1 Å². The number of benzene rings is 2. The summed E-state index contributed by atoms with van der Waals surface area (Å²) in [5, 5.41) is 14.1. The summed E-state index contributed by atoms with van der Waals surface area (Å²) in [5.41, 5.74) is 3.59. The van der Waals surface area contributed by atoms with Crippen molar-refractivity contribution in [3.8, 4) is 11.8 Å². The van der Waals surface area contributed by atoms with E-state index in [0.29, 0.717) is 5.82 Å². The van der Waals surface area contributed by atoms with Crippen LogP contribution in [0.2, 0.25) is 0 Å². The predicted octanol–water partition coefficient (Wildman–Crippen LogP) is 3.56. The highest BCUT2D eigenvalue weighted by atomic mass is 16.1. The number of Topliss-reactive ketones (excluding diaryl/α,β-unsaturated/α-hetero) is 1. The van der Waals surface area contributed by atoms with Crippen molar-refractivity contribution in [2.75, 3.05) is 0 Å². The first kappa shape index (κ1) is 16.7. The lowest BCUT2D eigenvalue weighted by Crippen LogP contribution is -2.16. The zero-order valence-electron chi connectivity index (χ0n) is 15.0. The van der Waals surface area contributed by atoms with Crippen molar-refractivity contribution in [2.24, 2.45) is 7.05 Å². The van der Waals surface area contributed by atoms with E-state index in [1.165, 1.54) is 0 Å². The molecule has 27 heavy (non-hydrogen) atoms. The fourth-order valence-electron chi connectivity index (χ4n) is 3.23. The minimum Gasteiger partial charge on any atom is -0.330 e. The molecule has 0 radical (unpaired) electrons. The highest BCUT2D eigenvalue weighted by Crippen LogP contribution is 2.24. The SMILES string of the molecule is Cc1cc(C(=O)C(C#N)c2nc3ccccc3n2C)nn1-c1ccccc1. The molecule has 0 spiro atoms. The lowest BCUT2D eigenvalue weighted by Gasteiger charge is -2.07. The topological polar surface area (TPSA) is 76.5 Å². The van der Waals surface area contributed by atoms with Crippen LogP contribution in [0.15, 0.2) is 60.7 Å². The smallest absolute Gasteiger partial charge is 0.207 e. The number of para-hydroxylation sites is 3. The molecule has 6 nitrogen and oxygen atoms in total. The largest absolute Gasteiger partial charge is 0.330 e. The molecule has 2 aromatic heterocycles. The van der Waals surface area contributed by atoms with Gasteiger partial charge in [-0.2, -0.15) is 10.4 Å². The van der Waals surface area contributed by atoms with Crippen molar-refractivity contribution < 1.29 is 4.79 Å². The number of imidazole rings is 1. The van der Waals surface area contributed by atoms with Crippen LogP contribution in [0, 0.1) is 18.3 Å². The van der Waals surface area contributed by atoms with Crippen LogP contribution in [0.25, 0.3) is 16.7 Å². The number of aromatic nitrogens is 4. The monoisotopic (exact) mass is 355 g/mol. The van der Waals surface area contributed by atoms with Crippen LogP contribution in [-0.4, -0.2) is 25.1 Å². The molecule has 0 aliphatic rings. The van der Waals surface area contributed by atoms with E-state index < -0.39 is 5.92 Å². The highest BCUT2D eigenvalue weighted by molar-refractivity contribution is 6.01. The summed E-state index contributed by atoms with van der Waals surface area (Å²) in [7, 11) is 1.82. The van der Waals surface area contributed by atoms with Gasteiger partial charge in [0.1, 0.15) is 11.5 Å². The summed E-state index contributed by atoms with van der Waals surface area (Å²) in [6, 6.07) is 21.0. The summed E-state index contributed by atoms with van der Waals surface area (Å²) in [6.45, 7) is 1.88. The minimum atomic E-state index is -1.01. The number of fused-ring (bicyclic) bond motifs is 1. The van der Waals surface area contributed by atoms with Gasteiger partial charge < -0.3 is 4.57 Å². The molecule has 0 saturated heterocycles. The first-order valence-corrected chi connectivity index (χ1v) is 8.57. The predicted molar refractivity (Wildman–Crippen MR) is 102 cm³/mol. The number of nitriles is 1. The van der Waals surface area contributed by atoms with E-state index in [1.54, 1.807) is 15.3 Å². The standard InChI is InChI=1S/C21H17N5O/c1-14-12-18(24-26(14)15-8-4-3-5-9-15)20(27)16(13-22)21-23-17-10-6-7-11-19(17)25(21)2/h3-12,16H,1-2H3. The van der Waals surface area contributed by atoms with Crippen LogP contribution in [0.5, 0.6) is 0 Å². The maximum atomic E-state index is 13.1. The summed E-state index contributed by atoms with van der Waals surface area (Å²) in [6.07, 6.45) is 0. The van der Waals surface area contributed by atoms with Gasteiger partial charge in [0.2, 0.25) is 5.78 Å². The summed E-state index contributed by atoms with van der Waals surface area (Å²) >= 11 is 0. The Kier molecular flexibility index (Phi) is 4.05. The number of ketones is 1. The molecule has 0 saturated carbocycles. The van der Waals surface area contributed by atoms with Gasteiger partial charge in [-0.25, -0.2) is 9.67 Å². The molecule has 2 aromatic carbocycles. The van der Waals surface area contributed by atoms with Crippen LogP contribution in [0.4, 0.5) is 0 Å². The molecule has 1 unspecified atom stereocenters. The van der Waals surface area contributed by atoms with Crippen LogP contribution < -0.4 is 0 Å². The average molecular weight is 355 g/mol. The Morgan fingerprint density at radius 1 is 1.11 bits per heavy atom. The zero-order valence-corrected chi connectivity index (χ0v) is 15.0. The molecule has 0 aliphatic heterocycles. The van der Waals surface area contributed by atoms with Gasteiger partial charge in [-0.1, -0.05) is 30.3 Å². The summed E-state index contributed by atoms with van der Waals surface area (Å²) in [4.78, 5) is 17.6. The number of aryl methyl sites for hydroxylation is 2. The quantitative estimate of drug-likeness (QED) is 0.525. The molecule has 4 aromatic rings. The molecule has 0 fully saturated rings. The van der Waals surface area contributed by atoms with E-state index in [-0.39, 0.29) is 11.5 Å². The number of hydrogen-bond acceptors (Lipinski definition) is 4. The third-order valence-corrected chi connectivity index (χ3v) is 4.61. The van der Waals surface area contributed by atoms with Crippen molar-refractivity contribution in [3.63, 3.8) is 0 Å². The Morgan fingerprint density at radius 2 is 1.81 bits per heavy atom. The van der Waals surface area contributed by atoms with Gasteiger partial charge in [0.15, 0.2) is 5.92 Å². The molecule has 6 heteroatoms. The Balaban J connectivity index is 1.75. The lowest BCUT2D eigenvalue weighted by molar-refractivity contribution is 0.0970. The molecule has 0 bridgehead atoms. The van der Waals surface area contributed by atoms with Crippen LogP contribution >= 0.6 is 0 Å². The molecule has 0 N–H and O–H groups in total. The maximum absolute atomic E-state index is 13.1. The fourth-order valence-corrected chi connectivity index (χ4v) is 3.23. The zero-order chi connectivity index (χ0) is 19.0. The van der Waals surface area contributed by atoms with E-state index in [4.69, 9.17) is 0 Å². The first-order valence-electron chi connectivity index (χ1n) is 8.57. The number of rotatable bonds is 4.